The number of hydrogen-bond donors (Lipinski definition) is 2. The molecule has 33 heavy (non-hydrogen) atoms. The molecule has 0 radical (unpaired) electrons. The van der Waals surface area contributed by atoms with Gasteiger partial charge >= 0.3 is 0 Å². The van der Waals surface area contributed by atoms with E-state index in [0.29, 0.717) is 17.7 Å². The molecular weight excluding hydrogens is 423 g/mol. The zero-order valence-corrected chi connectivity index (χ0v) is 24.2. The molecule has 0 fully saturated rings. The van der Waals surface area contributed by atoms with E-state index in [1.807, 2.05) is 0 Å². The fourth-order valence-electron chi connectivity index (χ4n) is 4.28. The molecule has 0 aliphatic rings. The molecule has 0 bridgehead atoms. The third-order valence-corrected chi connectivity index (χ3v) is 7.08. The van der Waals surface area contributed by atoms with Crippen LogP contribution in [0.5, 0.6) is 11.5 Å². The van der Waals surface area contributed by atoms with Gasteiger partial charge in [-0.3, -0.25) is 0 Å². The van der Waals surface area contributed by atoms with Crippen molar-refractivity contribution in [3.63, 3.8) is 0 Å². The summed E-state index contributed by atoms with van der Waals surface area (Å²) in [6.45, 7) is 26.1. The van der Waals surface area contributed by atoms with Gasteiger partial charge < -0.3 is 10.2 Å². The summed E-state index contributed by atoms with van der Waals surface area (Å²) in [4.78, 5) is 0. The molecule has 0 spiro atoms. The molecule has 1 unspecified atom stereocenters. The van der Waals surface area contributed by atoms with Crippen LogP contribution in [0.3, 0.4) is 0 Å². The van der Waals surface area contributed by atoms with Gasteiger partial charge in [-0.15, -0.1) is 9.24 Å². The van der Waals surface area contributed by atoms with Crippen LogP contribution >= 0.6 is 9.24 Å². The van der Waals surface area contributed by atoms with Gasteiger partial charge in [-0.05, 0) is 50.1 Å². The summed E-state index contributed by atoms with van der Waals surface area (Å²) < 4.78 is 0. The lowest BCUT2D eigenvalue weighted by Crippen LogP contribution is -2.20. The maximum absolute atomic E-state index is 11.5. The zero-order chi connectivity index (χ0) is 25.7. The van der Waals surface area contributed by atoms with E-state index in [1.165, 1.54) is 11.1 Å². The van der Waals surface area contributed by atoms with Crippen molar-refractivity contribution in [2.75, 3.05) is 6.16 Å². The van der Waals surface area contributed by atoms with Crippen LogP contribution in [-0.4, -0.2) is 16.4 Å². The van der Waals surface area contributed by atoms with Crippen molar-refractivity contribution in [1.29, 1.82) is 0 Å². The lowest BCUT2D eigenvalue weighted by molar-refractivity contribution is 0.428. The standard InChI is InChI=1S/C30H47O2P/c1-27(2,3)18-13-20(25(31)23(15-18)29(7,8)9)22(17-33)21-14-19(28(4,5)6)16-24(26(21)32)30(10,11)12/h13-16,22,31-32H,17,33H2,1-12H3. The van der Waals surface area contributed by atoms with Crippen molar-refractivity contribution in [1.82, 2.24) is 0 Å². The molecular formula is C30H47O2P. The lowest BCUT2D eigenvalue weighted by atomic mass is 9.74. The highest BCUT2D eigenvalue weighted by Gasteiger charge is 2.32. The largest absolute Gasteiger partial charge is 0.507 e. The molecule has 3 heteroatoms. The summed E-state index contributed by atoms with van der Waals surface area (Å²) in [7, 11) is 2.85. The molecule has 2 nitrogen and oxygen atoms in total. The normalized spacial score (nSPS) is 13.6. The Morgan fingerprint density at radius 1 is 0.576 bits per heavy atom. The average Bonchev–Trinajstić information content (AvgIpc) is 2.60. The maximum atomic E-state index is 11.5. The fraction of sp³-hybridized carbons (Fsp3) is 0.600. The molecule has 0 saturated heterocycles. The first-order chi connectivity index (χ1) is 14.7. The monoisotopic (exact) mass is 470 g/mol. The summed E-state index contributed by atoms with van der Waals surface area (Å²) in [5, 5.41) is 23.1. The number of phenols is 2. The Morgan fingerprint density at radius 3 is 1.09 bits per heavy atom. The predicted molar refractivity (Wildman–Crippen MR) is 147 cm³/mol. The van der Waals surface area contributed by atoms with Crippen LogP contribution in [0.1, 0.15) is 122 Å². The zero-order valence-electron chi connectivity index (χ0n) is 23.1. The minimum Gasteiger partial charge on any atom is -0.507 e. The SMILES string of the molecule is CC(C)(C)c1cc(C(CP)c2cc(C(C)(C)C)cc(C(C)(C)C)c2O)c(O)c(C(C)(C)C)c1. The average molecular weight is 471 g/mol. The van der Waals surface area contributed by atoms with E-state index in [0.717, 1.165) is 22.3 Å². The molecule has 2 aromatic rings. The predicted octanol–water partition coefficient (Wildman–Crippen LogP) is 8.29. The van der Waals surface area contributed by atoms with E-state index in [9.17, 15) is 10.2 Å². The molecule has 2 rings (SSSR count). The molecule has 0 aliphatic carbocycles. The minimum absolute atomic E-state index is 0.0558. The smallest absolute Gasteiger partial charge is 0.123 e. The quantitative estimate of drug-likeness (QED) is 0.443. The van der Waals surface area contributed by atoms with Crippen molar-refractivity contribution in [2.24, 2.45) is 0 Å². The van der Waals surface area contributed by atoms with Crippen molar-refractivity contribution in [2.45, 2.75) is 111 Å². The molecule has 0 aliphatic heterocycles. The maximum Gasteiger partial charge on any atom is 0.123 e. The van der Waals surface area contributed by atoms with Crippen LogP contribution in [0.15, 0.2) is 24.3 Å². The first kappa shape index (κ1) is 27.7. The summed E-state index contributed by atoms with van der Waals surface area (Å²) in [5.41, 5.74) is 5.59. The van der Waals surface area contributed by atoms with Gasteiger partial charge in [-0.2, -0.15) is 0 Å². The third-order valence-electron chi connectivity index (χ3n) is 6.61. The summed E-state index contributed by atoms with van der Waals surface area (Å²) in [5.74, 6) is 0.559. The molecule has 1 atom stereocenters. The highest BCUT2D eigenvalue weighted by molar-refractivity contribution is 7.16. The summed E-state index contributed by atoms with van der Waals surface area (Å²) >= 11 is 0. The van der Waals surface area contributed by atoms with Crippen LogP contribution < -0.4 is 0 Å². The van der Waals surface area contributed by atoms with Crippen molar-refractivity contribution >= 4 is 9.24 Å². The molecule has 0 saturated carbocycles. The van der Waals surface area contributed by atoms with Crippen LogP contribution in [0.25, 0.3) is 0 Å². The Hall–Kier alpha value is -1.53. The van der Waals surface area contributed by atoms with Gasteiger partial charge in [0.2, 0.25) is 0 Å². The van der Waals surface area contributed by atoms with Gasteiger partial charge in [0.15, 0.2) is 0 Å². The lowest BCUT2D eigenvalue weighted by Gasteiger charge is -2.32. The van der Waals surface area contributed by atoms with E-state index >= 15 is 0 Å². The Morgan fingerprint density at radius 2 is 0.879 bits per heavy atom. The first-order valence-electron chi connectivity index (χ1n) is 12.2. The second-order valence-electron chi connectivity index (χ2n) is 13.7. The summed E-state index contributed by atoms with van der Waals surface area (Å²) in [6, 6.07) is 8.62. The molecule has 2 aromatic carbocycles. The second-order valence-corrected chi connectivity index (χ2v) is 14.2. The Balaban J connectivity index is 2.96. The summed E-state index contributed by atoms with van der Waals surface area (Å²) in [6.07, 6.45) is 0.704. The molecule has 2 N–H and O–H groups in total. The minimum atomic E-state index is -0.197. The van der Waals surface area contributed by atoms with E-state index < -0.39 is 0 Å². The van der Waals surface area contributed by atoms with E-state index in [4.69, 9.17) is 0 Å². The number of phenolic OH excluding ortho intramolecular Hbond substituents is 2. The van der Waals surface area contributed by atoms with Crippen LogP contribution in [0.2, 0.25) is 0 Å². The van der Waals surface area contributed by atoms with Crippen molar-refractivity contribution in [3.8, 4) is 11.5 Å². The van der Waals surface area contributed by atoms with Crippen LogP contribution in [0.4, 0.5) is 0 Å². The number of hydrogen-bond acceptors (Lipinski definition) is 2. The topological polar surface area (TPSA) is 40.5 Å². The Labute approximate surface area is 205 Å². The Kier molecular flexibility index (Phi) is 7.49. The molecule has 0 heterocycles. The van der Waals surface area contributed by atoms with Gasteiger partial charge in [0.1, 0.15) is 11.5 Å². The van der Waals surface area contributed by atoms with Gasteiger partial charge in [-0.25, -0.2) is 0 Å². The molecule has 0 aromatic heterocycles. The van der Waals surface area contributed by atoms with Crippen LogP contribution in [-0.2, 0) is 21.7 Å². The van der Waals surface area contributed by atoms with E-state index in [-0.39, 0.29) is 27.6 Å². The Bertz CT molecular complexity index is 925. The molecule has 0 amide bonds. The first-order valence-corrected chi connectivity index (χ1v) is 13.0. The highest BCUT2D eigenvalue weighted by Crippen LogP contribution is 2.47. The number of aromatic hydroxyl groups is 2. The van der Waals surface area contributed by atoms with Crippen LogP contribution in [0, 0.1) is 0 Å². The van der Waals surface area contributed by atoms with Crippen molar-refractivity contribution in [3.05, 3.63) is 57.6 Å². The number of benzene rings is 2. The third kappa shape index (κ3) is 5.94. The number of rotatable bonds is 3. The fourth-order valence-corrected chi connectivity index (χ4v) is 4.78. The van der Waals surface area contributed by atoms with E-state index in [1.54, 1.807) is 0 Å². The highest BCUT2D eigenvalue weighted by atomic mass is 31.0. The second kappa shape index (κ2) is 8.92. The van der Waals surface area contributed by atoms with Gasteiger partial charge in [-0.1, -0.05) is 107 Å². The van der Waals surface area contributed by atoms with E-state index in [2.05, 4.69) is 117 Å². The van der Waals surface area contributed by atoms with Gasteiger partial charge in [0.05, 0.1) is 0 Å². The molecule has 184 valence electrons. The van der Waals surface area contributed by atoms with Crippen molar-refractivity contribution < 1.29 is 10.2 Å². The van der Waals surface area contributed by atoms with Gasteiger partial charge in [0, 0.05) is 17.0 Å². The van der Waals surface area contributed by atoms with Gasteiger partial charge in [0.25, 0.3) is 0 Å².